The van der Waals surface area contributed by atoms with E-state index in [0.717, 1.165) is 0 Å². The summed E-state index contributed by atoms with van der Waals surface area (Å²) in [5, 5.41) is 18.0. The summed E-state index contributed by atoms with van der Waals surface area (Å²) in [5.74, 6) is -8.12. The van der Waals surface area contributed by atoms with Gasteiger partial charge in [0.1, 0.15) is 0 Å². The third kappa shape index (κ3) is 3.05. The number of rotatable bonds is 5. The predicted molar refractivity (Wildman–Crippen MR) is 87.1 cm³/mol. The van der Waals surface area contributed by atoms with Gasteiger partial charge in [0.25, 0.3) is 11.6 Å². The second-order valence-electron chi connectivity index (χ2n) is 7.48. The highest BCUT2D eigenvalue weighted by atomic mass is 16.8. The molecular formula is C18H20N2O8. The zero-order valence-corrected chi connectivity index (χ0v) is 16.0. The highest BCUT2D eigenvalue weighted by Crippen LogP contribution is 2.55. The molecule has 2 aliphatic rings. The Morgan fingerprint density at radius 1 is 0.643 bits per heavy atom. The van der Waals surface area contributed by atoms with E-state index in [1.165, 1.54) is 27.7 Å². The fourth-order valence-electron chi connectivity index (χ4n) is 3.47. The largest absolute Gasteiger partial charge is 0.422 e. The molecule has 2 fully saturated rings. The van der Waals surface area contributed by atoms with Crippen LogP contribution < -0.4 is 0 Å². The van der Waals surface area contributed by atoms with Gasteiger partial charge >= 0.3 is 23.9 Å². The van der Waals surface area contributed by atoms with E-state index in [0.29, 0.717) is 0 Å². The van der Waals surface area contributed by atoms with Crippen molar-refractivity contribution < 1.29 is 38.1 Å². The summed E-state index contributed by atoms with van der Waals surface area (Å²) < 4.78 is 20.7. The molecule has 28 heavy (non-hydrogen) atoms. The first kappa shape index (κ1) is 21.2. The maximum atomic E-state index is 13.0. The first-order chi connectivity index (χ1) is 12.9. The second kappa shape index (κ2) is 6.79. The van der Waals surface area contributed by atoms with E-state index in [2.05, 4.69) is 0 Å². The zero-order chi connectivity index (χ0) is 21.4. The monoisotopic (exact) mass is 392 g/mol. The third-order valence-corrected chi connectivity index (χ3v) is 4.70. The smallest absolute Gasteiger partial charge is 0.328 e. The van der Waals surface area contributed by atoms with Gasteiger partial charge in [0.2, 0.25) is 0 Å². The molecule has 10 heteroatoms. The summed E-state index contributed by atoms with van der Waals surface area (Å²) in [5.41, 5.74) is -5.03. The first-order valence-electron chi connectivity index (χ1n) is 8.56. The van der Waals surface area contributed by atoms with E-state index >= 15 is 0 Å². The van der Waals surface area contributed by atoms with Crippen LogP contribution in [0.15, 0.2) is 0 Å². The lowest BCUT2D eigenvalue weighted by atomic mass is 9.57. The van der Waals surface area contributed by atoms with Crippen LogP contribution in [0.5, 0.6) is 0 Å². The van der Waals surface area contributed by atoms with Gasteiger partial charge in [-0.05, 0) is 12.8 Å². The quantitative estimate of drug-likeness (QED) is 0.493. The van der Waals surface area contributed by atoms with Crippen molar-refractivity contribution >= 4 is 23.9 Å². The number of ether oxygens (including phenoxy) is 4. The van der Waals surface area contributed by atoms with Crippen LogP contribution in [-0.2, 0) is 38.1 Å². The minimum absolute atomic E-state index is 0.372. The van der Waals surface area contributed by atoms with Gasteiger partial charge < -0.3 is 18.9 Å². The fraction of sp³-hybridized carbons (Fsp3) is 0.667. The van der Waals surface area contributed by atoms with Crippen molar-refractivity contribution in [2.24, 2.45) is 10.8 Å². The molecule has 10 nitrogen and oxygen atoms in total. The molecule has 0 spiro atoms. The molecule has 0 saturated carbocycles. The van der Waals surface area contributed by atoms with Gasteiger partial charge in [-0.3, -0.25) is 19.2 Å². The van der Waals surface area contributed by atoms with Gasteiger partial charge in [-0.25, -0.2) is 0 Å². The lowest BCUT2D eigenvalue weighted by Gasteiger charge is -2.50. The molecule has 0 N–H and O–H groups in total. The van der Waals surface area contributed by atoms with Crippen LogP contribution >= 0.6 is 0 Å². The summed E-state index contributed by atoms with van der Waals surface area (Å²) in [6.45, 7) is 5.22. The predicted octanol–water partition coefficient (Wildman–Crippen LogP) is 1.24. The van der Waals surface area contributed by atoms with Crippen LogP contribution in [0.2, 0.25) is 0 Å². The van der Waals surface area contributed by atoms with Crippen molar-refractivity contribution in [2.75, 3.05) is 0 Å². The Labute approximate surface area is 161 Å². The highest BCUT2D eigenvalue weighted by Gasteiger charge is 2.76. The molecule has 150 valence electrons. The first-order valence-corrected chi connectivity index (χ1v) is 8.56. The zero-order valence-electron chi connectivity index (χ0n) is 16.0. The Bertz CT molecular complexity index is 706. The second-order valence-corrected chi connectivity index (χ2v) is 7.48. The van der Waals surface area contributed by atoms with Crippen molar-refractivity contribution in [1.82, 2.24) is 0 Å². The summed E-state index contributed by atoms with van der Waals surface area (Å²) in [6.07, 6.45) is -1.84. The van der Waals surface area contributed by atoms with Gasteiger partial charge in [0, 0.05) is 40.5 Å². The molecule has 0 amide bonds. The number of carbonyl (C=O) groups excluding carboxylic acids is 4. The lowest BCUT2D eigenvalue weighted by molar-refractivity contribution is -0.284. The maximum Gasteiger partial charge on any atom is 0.328 e. The third-order valence-electron chi connectivity index (χ3n) is 4.70. The molecule has 0 radical (unpaired) electrons. The molecule has 0 aromatic rings. The van der Waals surface area contributed by atoms with E-state index in [-0.39, 0.29) is 12.8 Å². The van der Waals surface area contributed by atoms with Gasteiger partial charge in [0.05, 0.1) is 12.1 Å². The lowest BCUT2D eigenvalue weighted by Crippen LogP contribution is -2.69. The number of hydrogen-bond donors (Lipinski definition) is 0. The Kier molecular flexibility index (Phi) is 5.13. The fourth-order valence-corrected chi connectivity index (χ4v) is 3.47. The number of nitriles is 2. The number of nitrogens with zero attached hydrogens (tertiary/aromatic N) is 2. The van der Waals surface area contributed by atoms with Crippen LogP contribution in [0.3, 0.4) is 0 Å². The SMILES string of the molecule is CC1(C)OC(=O)C(CCC#N)(C2(CCC#N)C(=O)OC(C)(C)OC2=O)C(=O)O1. The summed E-state index contributed by atoms with van der Waals surface area (Å²) in [7, 11) is 0. The van der Waals surface area contributed by atoms with E-state index in [4.69, 9.17) is 29.5 Å². The molecule has 2 aliphatic heterocycles. The van der Waals surface area contributed by atoms with E-state index in [1.807, 2.05) is 0 Å². The van der Waals surface area contributed by atoms with Gasteiger partial charge in [0.15, 0.2) is 10.8 Å². The van der Waals surface area contributed by atoms with Gasteiger partial charge in [-0.2, -0.15) is 10.5 Å². The van der Waals surface area contributed by atoms with Crippen molar-refractivity contribution in [3.63, 3.8) is 0 Å². The standard InChI is InChI=1S/C18H20N2O8/c1-15(2)25-11(21)17(7-5-9-19,12(22)26-15)18(8-6-10-20)13(23)27-16(3,4)28-14(18)24/h5-8H2,1-4H3. The molecule has 0 aromatic heterocycles. The summed E-state index contributed by atoms with van der Waals surface area (Å²) in [4.78, 5) is 52.1. The molecule has 2 heterocycles. The number of hydrogen-bond acceptors (Lipinski definition) is 10. The Hall–Kier alpha value is -3.14. The van der Waals surface area contributed by atoms with Gasteiger partial charge in [-0.15, -0.1) is 0 Å². The average molecular weight is 392 g/mol. The minimum atomic E-state index is -2.51. The van der Waals surface area contributed by atoms with Crippen LogP contribution in [0.25, 0.3) is 0 Å². The number of esters is 4. The van der Waals surface area contributed by atoms with Crippen LogP contribution in [-0.4, -0.2) is 35.5 Å². The average Bonchev–Trinajstić information content (AvgIpc) is 2.53. The maximum absolute atomic E-state index is 13.0. The van der Waals surface area contributed by atoms with Crippen molar-refractivity contribution in [1.29, 1.82) is 10.5 Å². The van der Waals surface area contributed by atoms with Crippen LogP contribution in [0, 0.1) is 33.5 Å². The minimum Gasteiger partial charge on any atom is -0.422 e. The molecule has 0 bridgehead atoms. The van der Waals surface area contributed by atoms with Crippen LogP contribution in [0.1, 0.15) is 53.4 Å². The number of cyclic esters (lactones) is 4. The summed E-state index contributed by atoms with van der Waals surface area (Å²) >= 11 is 0. The van der Waals surface area contributed by atoms with E-state index in [1.54, 1.807) is 12.1 Å². The molecule has 0 aromatic carbocycles. The van der Waals surface area contributed by atoms with Crippen molar-refractivity contribution in [2.45, 2.75) is 65.0 Å². The Morgan fingerprint density at radius 3 is 1.11 bits per heavy atom. The Morgan fingerprint density at radius 2 is 0.893 bits per heavy atom. The normalized spacial score (nSPS) is 23.9. The van der Waals surface area contributed by atoms with Crippen molar-refractivity contribution in [3.05, 3.63) is 0 Å². The highest BCUT2D eigenvalue weighted by molar-refractivity contribution is 6.16. The number of carbonyl (C=O) groups is 4. The van der Waals surface area contributed by atoms with E-state index in [9.17, 15) is 19.2 Å². The molecule has 2 rings (SSSR count). The summed E-state index contributed by atoms with van der Waals surface area (Å²) in [6, 6.07) is 3.55. The topological polar surface area (TPSA) is 153 Å². The molecular weight excluding hydrogens is 372 g/mol. The molecule has 0 atom stereocenters. The van der Waals surface area contributed by atoms with Gasteiger partial charge in [-0.1, -0.05) is 0 Å². The molecule has 2 saturated heterocycles. The van der Waals surface area contributed by atoms with E-state index < -0.39 is 59.1 Å². The van der Waals surface area contributed by atoms with Crippen molar-refractivity contribution in [3.8, 4) is 12.1 Å². The van der Waals surface area contributed by atoms with Crippen LogP contribution in [0.4, 0.5) is 0 Å². The molecule has 0 aliphatic carbocycles. The molecule has 0 unspecified atom stereocenters. The Balaban J connectivity index is 2.76.